The number of hydrogen-bond donors (Lipinski definition) is 2. The molecule has 0 unspecified atom stereocenters. The number of rotatable bonds is 3. The van der Waals surface area contributed by atoms with Crippen LogP contribution in [-0.2, 0) is 0 Å². The summed E-state index contributed by atoms with van der Waals surface area (Å²) < 4.78 is 0. The highest BCUT2D eigenvalue weighted by molar-refractivity contribution is 6.08. The summed E-state index contributed by atoms with van der Waals surface area (Å²) in [6.07, 6.45) is 6.63. The maximum atomic E-state index is 12.1. The second-order valence-corrected chi connectivity index (χ2v) is 4.90. The van der Waals surface area contributed by atoms with Gasteiger partial charge < -0.3 is 10.7 Å². The SMILES string of the molecule is Cc1[nH]c2ccc(N)cc2c1/C=C/C(=O)c1ccncc1. The first kappa shape index (κ1) is 13.1. The Hall–Kier alpha value is -2.88. The molecule has 3 N–H and O–H groups in total. The van der Waals surface area contributed by atoms with Crippen LogP contribution in [0.4, 0.5) is 5.69 Å². The normalized spacial score (nSPS) is 11.3. The summed E-state index contributed by atoms with van der Waals surface area (Å²) in [6.45, 7) is 1.98. The van der Waals surface area contributed by atoms with Crippen LogP contribution in [0.15, 0.2) is 48.8 Å². The lowest BCUT2D eigenvalue weighted by Crippen LogP contribution is -1.93. The number of carbonyl (C=O) groups is 1. The minimum atomic E-state index is -0.0462. The van der Waals surface area contributed by atoms with E-state index in [2.05, 4.69) is 9.97 Å². The summed E-state index contributed by atoms with van der Waals surface area (Å²) in [5.74, 6) is -0.0462. The number of nitrogens with zero attached hydrogens (tertiary/aromatic N) is 1. The molecule has 4 nitrogen and oxygen atoms in total. The van der Waals surface area contributed by atoms with Crippen LogP contribution in [0.5, 0.6) is 0 Å². The number of allylic oxidation sites excluding steroid dienone is 1. The van der Waals surface area contributed by atoms with Crippen LogP contribution in [0.1, 0.15) is 21.6 Å². The molecule has 0 bridgehead atoms. The van der Waals surface area contributed by atoms with E-state index in [9.17, 15) is 4.79 Å². The topological polar surface area (TPSA) is 71.8 Å². The molecule has 2 aromatic heterocycles. The van der Waals surface area contributed by atoms with Gasteiger partial charge in [-0.3, -0.25) is 9.78 Å². The van der Waals surface area contributed by atoms with E-state index in [1.165, 1.54) is 0 Å². The minimum Gasteiger partial charge on any atom is -0.399 e. The average molecular weight is 277 g/mol. The van der Waals surface area contributed by atoms with Crippen molar-refractivity contribution in [3.8, 4) is 0 Å². The molecule has 0 aliphatic rings. The number of hydrogen-bond acceptors (Lipinski definition) is 3. The number of ketones is 1. The van der Waals surface area contributed by atoms with Crippen molar-refractivity contribution in [1.82, 2.24) is 9.97 Å². The molecule has 0 spiro atoms. The molecule has 3 aromatic rings. The van der Waals surface area contributed by atoms with Crippen LogP contribution < -0.4 is 5.73 Å². The number of pyridine rings is 1. The molecule has 0 atom stereocenters. The fourth-order valence-corrected chi connectivity index (χ4v) is 2.35. The van der Waals surface area contributed by atoms with E-state index in [4.69, 9.17) is 5.73 Å². The highest BCUT2D eigenvalue weighted by Gasteiger charge is 2.07. The molecule has 0 aliphatic carbocycles. The summed E-state index contributed by atoms with van der Waals surface area (Å²) in [7, 11) is 0. The van der Waals surface area contributed by atoms with Gasteiger partial charge in [-0.25, -0.2) is 0 Å². The van der Waals surface area contributed by atoms with E-state index in [1.54, 1.807) is 30.6 Å². The van der Waals surface area contributed by atoms with Crippen molar-refractivity contribution in [3.05, 3.63) is 65.6 Å². The average Bonchev–Trinajstić information content (AvgIpc) is 2.80. The third-order valence-electron chi connectivity index (χ3n) is 3.43. The Morgan fingerprint density at radius 3 is 2.76 bits per heavy atom. The smallest absolute Gasteiger partial charge is 0.185 e. The van der Waals surface area contributed by atoms with E-state index in [-0.39, 0.29) is 5.78 Å². The Labute approximate surface area is 122 Å². The first-order valence-corrected chi connectivity index (χ1v) is 6.65. The largest absolute Gasteiger partial charge is 0.399 e. The van der Waals surface area contributed by atoms with Gasteiger partial charge in [0.1, 0.15) is 0 Å². The zero-order chi connectivity index (χ0) is 14.8. The molecule has 4 heteroatoms. The van der Waals surface area contributed by atoms with Gasteiger partial charge in [-0.05, 0) is 49.4 Å². The number of aromatic amines is 1. The zero-order valence-corrected chi connectivity index (χ0v) is 11.6. The quantitative estimate of drug-likeness (QED) is 0.438. The van der Waals surface area contributed by atoms with Crippen LogP contribution in [0.25, 0.3) is 17.0 Å². The van der Waals surface area contributed by atoms with Gasteiger partial charge in [0, 0.05) is 45.8 Å². The standard InChI is InChI=1S/C17H15N3O/c1-11-14(15-10-13(18)2-4-16(15)20-11)3-5-17(21)12-6-8-19-9-7-12/h2-10,20H,18H2,1H3/b5-3+. The number of nitrogens with two attached hydrogens (primary N) is 1. The van der Waals surface area contributed by atoms with Crippen LogP contribution >= 0.6 is 0 Å². The number of H-pyrrole nitrogens is 1. The van der Waals surface area contributed by atoms with Gasteiger partial charge in [-0.2, -0.15) is 0 Å². The monoisotopic (exact) mass is 277 g/mol. The second-order valence-electron chi connectivity index (χ2n) is 4.90. The van der Waals surface area contributed by atoms with E-state index in [0.717, 1.165) is 22.2 Å². The van der Waals surface area contributed by atoms with E-state index >= 15 is 0 Å². The van der Waals surface area contributed by atoms with Crippen molar-refractivity contribution < 1.29 is 4.79 Å². The highest BCUT2D eigenvalue weighted by Crippen LogP contribution is 2.25. The highest BCUT2D eigenvalue weighted by atomic mass is 16.1. The molecule has 0 aliphatic heterocycles. The van der Waals surface area contributed by atoms with Gasteiger partial charge >= 0.3 is 0 Å². The first-order valence-electron chi connectivity index (χ1n) is 6.65. The molecule has 0 amide bonds. The number of anilines is 1. The molecule has 2 heterocycles. The molecule has 21 heavy (non-hydrogen) atoms. The molecule has 0 fully saturated rings. The zero-order valence-electron chi connectivity index (χ0n) is 11.6. The molecule has 0 saturated heterocycles. The summed E-state index contributed by atoms with van der Waals surface area (Å²) in [5, 5.41) is 1.02. The van der Waals surface area contributed by atoms with Gasteiger partial charge in [0.25, 0.3) is 0 Å². The fourth-order valence-electron chi connectivity index (χ4n) is 2.35. The van der Waals surface area contributed by atoms with Crippen molar-refractivity contribution in [2.24, 2.45) is 0 Å². The molecular formula is C17H15N3O. The van der Waals surface area contributed by atoms with Gasteiger partial charge in [0.2, 0.25) is 0 Å². The number of aromatic nitrogens is 2. The summed E-state index contributed by atoms with van der Waals surface area (Å²) in [4.78, 5) is 19.3. The Bertz CT molecular complexity index is 832. The van der Waals surface area contributed by atoms with Gasteiger partial charge in [-0.1, -0.05) is 0 Å². The number of nitrogens with one attached hydrogen (secondary N) is 1. The summed E-state index contributed by atoms with van der Waals surface area (Å²) in [6, 6.07) is 9.11. The van der Waals surface area contributed by atoms with E-state index < -0.39 is 0 Å². The van der Waals surface area contributed by atoms with Crippen molar-refractivity contribution >= 4 is 28.4 Å². The lowest BCUT2D eigenvalue weighted by Gasteiger charge is -1.97. The maximum absolute atomic E-state index is 12.1. The van der Waals surface area contributed by atoms with Gasteiger partial charge in [-0.15, -0.1) is 0 Å². The van der Waals surface area contributed by atoms with E-state index in [0.29, 0.717) is 11.3 Å². The third kappa shape index (κ3) is 2.56. The molecule has 0 saturated carbocycles. The Morgan fingerprint density at radius 2 is 2.00 bits per heavy atom. The predicted octanol–water partition coefficient (Wildman–Crippen LogP) is 3.35. The van der Waals surface area contributed by atoms with Crippen molar-refractivity contribution in [2.45, 2.75) is 6.92 Å². The lowest BCUT2D eigenvalue weighted by molar-refractivity contribution is 0.104. The number of nitrogen functional groups attached to an aromatic ring is 1. The van der Waals surface area contributed by atoms with Crippen LogP contribution in [0.3, 0.4) is 0 Å². The Kier molecular flexibility index (Phi) is 3.28. The number of aryl methyl sites for hydroxylation is 1. The number of fused-ring (bicyclic) bond motifs is 1. The third-order valence-corrected chi connectivity index (χ3v) is 3.43. The number of benzene rings is 1. The Balaban J connectivity index is 1.98. The van der Waals surface area contributed by atoms with Gasteiger partial charge in [0.05, 0.1) is 0 Å². The van der Waals surface area contributed by atoms with Gasteiger partial charge in [0.15, 0.2) is 5.78 Å². The Morgan fingerprint density at radius 1 is 1.24 bits per heavy atom. The summed E-state index contributed by atoms with van der Waals surface area (Å²) >= 11 is 0. The fraction of sp³-hybridized carbons (Fsp3) is 0.0588. The molecule has 1 aromatic carbocycles. The first-order chi connectivity index (χ1) is 10.1. The van der Waals surface area contributed by atoms with Crippen molar-refractivity contribution in [1.29, 1.82) is 0 Å². The second kappa shape index (κ2) is 5.25. The van der Waals surface area contributed by atoms with Crippen molar-refractivity contribution in [3.63, 3.8) is 0 Å². The lowest BCUT2D eigenvalue weighted by atomic mass is 10.1. The van der Waals surface area contributed by atoms with Crippen LogP contribution in [0, 0.1) is 6.92 Å². The summed E-state index contributed by atoms with van der Waals surface area (Å²) in [5.41, 5.74) is 10.2. The number of carbonyl (C=O) groups excluding carboxylic acids is 1. The van der Waals surface area contributed by atoms with Crippen molar-refractivity contribution in [2.75, 3.05) is 5.73 Å². The van der Waals surface area contributed by atoms with Crippen LogP contribution in [0.2, 0.25) is 0 Å². The molecular weight excluding hydrogens is 262 g/mol. The maximum Gasteiger partial charge on any atom is 0.185 e. The molecule has 3 rings (SSSR count). The van der Waals surface area contributed by atoms with Crippen LogP contribution in [-0.4, -0.2) is 15.8 Å². The predicted molar refractivity (Wildman–Crippen MR) is 85.0 cm³/mol. The van der Waals surface area contributed by atoms with E-state index in [1.807, 2.05) is 31.2 Å². The molecule has 104 valence electrons. The molecule has 0 radical (unpaired) electrons. The minimum absolute atomic E-state index is 0.0462.